The van der Waals surface area contributed by atoms with Gasteiger partial charge in [-0.25, -0.2) is 8.42 Å². The first-order valence-corrected chi connectivity index (χ1v) is 10.4. The van der Waals surface area contributed by atoms with Crippen LogP contribution in [0.15, 0.2) is 48.5 Å². The molecule has 0 saturated carbocycles. The Labute approximate surface area is 153 Å². The lowest BCUT2D eigenvalue weighted by Gasteiger charge is -2.22. The molecule has 0 aliphatic carbocycles. The van der Waals surface area contributed by atoms with Crippen molar-refractivity contribution in [2.75, 3.05) is 29.5 Å². The molecule has 0 spiro atoms. The Morgan fingerprint density at radius 1 is 1.04 bits per heavy atom. The molecule has 2 N–H and O–H groups in total. The molecule has 0 atom stereocenters. The van der Waals surface area contributed by atoms with E-state index in [4.69, 9.17) is 4.74 Å². The number of carbonyl (C=O) groups excluding carboxylic acids is 1. The fourth-order valence-corrected chi connectivity index (χ4v) is 3.57. The Morgan fingerprint density at radius 2 is 1.69 bits per heavy atom. The monoisotopic (exact) mass is 374 g/mol. The van der Waals surface area contributed by atoms with Crippen molar-refractivity contribution < 1.29 is 17.9 Å². The van der Waals surface area contributed by atoms with Crippen LogP contribution in [0.3, 0.4) is 0 Å². The second-order valence-corrected chi connectivity index (χ2v) is 8.17. The van der Waals surface area contributed by atoms with Crippen LogP contribution < -0.4 is 10.0 Å². The molecule has 0 aromatic heterocycles. The van der Waals surface area contributed by atoms with Crippen LogP contribution in [0.5, 0.6) is 0 Å². The number of hydrogen-bond acceptors (Lipinski definition) is 4. The predicted molar refractivity (Wildman–Crippen MR) is 102 cm³/mol. The molecule has 1 amide bonds. The molecule has 138 valence electrons. The molecule has 1 aliphatic rings. The molecular formula is C19H22N2O4S. The normalized spacial score (nSPS) is 15.4. The molecule has 0 unspecified atom stereocenters. The zero-order valence-electron chi connectivity index (χ0n) is 14.6. The third-order valence-electron chi connectivity index (χ3n) is 4.29. The SMILES string of the molecule is CS(=O)(=O)Nc1cccc(NC(=O)c2ccc(C3CCOCC3)cc2)c1. The summed E-state index contributed by atoms with van der Waals surface area (Å²) in [4.78, 5) is 12.4. The van der Waals surface area contributed by atoms with Crippen LogP contribution in [0.1, 0.15) is 34.7 Å². The lowest BCUT2D eigenvalue weighted by atomic mass is 9.91. The highest BCUT2D eigenvalue weighted by Crippen LogP contribution is 2.27. The van der Waals surface area contributed by atoms with E-state index in [1.807, 2.05) is 24.3 Å². The van der Waals surface area contributed by atoms with Crippen molar-refractivity contribution >= 4 is 27.3 Å². The summed E-state index contributed by atoms with van der Waals surface area (Å²) in [5.74, 6) is 0.250. The molecule has 1 heterocycles. The van der Waals surface area contributed by atoms with Crippen molar-refractivity contribution in [1.29, 1.82) is 0 Å². The van der Waals surface area contributed by atoms with Gasteiger partial charge in [0, 0.05) is 24.5 Å². The van der Waals surface area contributed by atoms with E-state index in [1.165, 1.54) is 5.56 Å². The Bertz CT molecular complexity index is 873. The van der Waals surface area contributed by atoms with Gasteiger partial charge in [-0.2, -0.15) is 0 Å². The number of sulfonamides is 1. The molecule has 0 bridgehead atoms. The van der Waals surface area contributed by atoms with Crippen LogP contribution >= 0.6 is 0 Å². The quantitative estimate of drug-likeness (QED) is 0.842. The number of rotatable bonds is 5. The van der Waals surface area contributed by atoms with Gasteiger partial charge in [-0.1, -0.05) is 18.2 Å². The number of nitrogens with one attached hydrogen (secondary N) is 2. The second-order valence-electron chi connectivity index (χ2n) is 6.42. The van der Waals surface area contributed by atoms with Crippen molar-refractivity contribution in [3.8, 4) is 0 Å². The summed E-state index contributed by atoms with van der Waals surface area (Å²) in [5, 5.41) is 2.79. The Morgan fingerprint density at radius 3 is 2.35 bits per heavy atom. The smallest absolute Gasteiger partial charge is 0.255 e. The van der Waals surface area contributed by atoms with E-state index in [1.54, 1.807) is 24.3 Å². The van der Waals surface area contributed by atoms with E-state index < -0.39 is 10.0 Å². The van der Waals surface area contributed by atoms with E-state index >= 15 is 0 Å². The van der Waals surface area contributed by atoms with Gasteiger partial charge in [0.25, 0.3) is 5.91 Å². The highest BCUT2D eigenvalue weighted by atomic mass is 32.2. The van der Waals surface area contributed by atoms with Gasteiger partial charge in [0.05, 0.1) is 11.9 Å². The van der Waals surface area contributed by atoms with E-state index in [0.717, 1.165) is 32.3 Å². The highest BCUT2D eigenvalue weighted by molar-refractivity contribution is 7.92. The summed E-state index contributed by atoms with van der Waals surface area (Å²) in [5.41, 5.74) is 2.71. The fraction of sp³-hybridized carbons (Fsp3) is 0.316. The van der Waals surface area contributed by atoms with E-state index in [-0.39, 0.29) is 5.91 Å². The van der Waals surface area contributed by atoms with E-state index in [9.17, 15) is 13.2 Å². The zero-order chi connectivity index (χ0) is 18.6. The average molecular weight is 374 g/mol. The second kappa shape index (κ2) is 7.88. The maximum absolute atomic E-state index is 12.4. The minimum absolute atomic E-state index is 0.236. The first-order chi connectivity index (χ1) is 12.4. The minimum Gasteiger partial charge on any atom is -0.381 e. The molecule has 0 radical (unpaired) electrons. The van der Waals surface area contributed by atoms with Gasteiger partial charge in [-0.05, 0) is 54.7 Å². The van der Waals surface area contributed by atoms with Gasteiger partial charge in [-0.3, -0.25) is 9.52 Å². The standard InChI is InChI=1S/C19H22N2O4S/c1-26(23,24)21-18-4-2-3-17(13-18)20-19(22)16-7-5-14(6-8-16)15-9-11-25-12-10-15/h2-8,13,15,21H,9-12H2,1H3,(H,20,22). The van der Waals surface area contributed by atoms with Crippen LogP contribution in [0.4, 0.5) is 11.4 Å². The molecular weight excluding hydrogens is 352 g/mol. The molecule has 6 nitrogen and oxygen atoms in total. The number of amides is 1. The van der Waals surface area contributed by atoms with Crippen molar-refractivity contribution in [2.24, 2.45) is 0 Å². The predicted octanol–water partition coefficient (Wildman–Crippen LogP) is 3.20. The Kier molecular flexibility index (Phi) is 5.58. The van der Waals surface area contributed by atoms with Crippen LogP contribution in [0.25, 0.3) is 0 Å². The first kappa shape index (κ1) is 18.4. The van der Waals surface area contributed by atoms with Gasteiger partial charge < -0.3 is 10.1 Å². The molecule has 1 fully saturated rings. The lowest BCUT2D eigenvalue weighted by molar-refractivity contribution is 0.0853. The van der Waals surface area contributed by atoms with Crippen LogP contribution in [-0.2, 0) is 14.8 Å². The number of benzene rings is 2. The third-order valence-corrected chi connectivity index (χ3v) is 4.90. The van der Waals surface area contributed by atoms with Gasteiger partial charge >= 0.3 is 0 Å². The van der Waals surface area contributed by atoms with Gasteiger partial charge in [0.1, 0.15) is 0 Å². The summed E-state index contributed by atoms with van der Waals surface area (Å²) in [6.07, 6.45) is 3.09. The average Bonchev–Trinajstić information content (AvgIpc) is 2.61. The first-order valence-electron chi connectivity index (χ1n) is 8.48. The number of ether oxygens (including phenoxy) is 1. The lowest BCUT2D eigenvalue weighted by Crippen LogP contribution is -2.15. The molecule has 2 aromatic rings. The Balaban J connectivity index is 1.67. The summed E-state index contributed by atoms with van der Waals surface area (Å²) in [6.45, 7) is 1.57. The summed E-state index contributed by atoms with van der Waals surface area (Å²) in [6, 6.07) is 14.2. The molecule has 7 heteroatoms. The summed E-state index contributed by atoms with van der Waals surface area (Å²) in [7, 11) is -3.36. The van der Waals surface area contributed by atoms with E-state index in [2.05, 4.69) is 10.0 Å². The largest absolute Gasteiger partial charge is 0.381 e. The highest BCUT2D eigenvalue weighted by Gasteiger charge is 2.16. The van der Waals surface area contributed by atoms with Gasteiger partial charge in [0.2, 0.25) is 10.0 Å². The number of carbonyl (C=O) groups is 1. The molecule has 1 aliphatic heterocycles. The summed E-state index contributed by atoms with van der Waals surface area (Å²) >= 11 is 0. The number of hydrogen-bond donors (Lipinski definition) is 2. The molecule has 26 heavy (non-hydrogen) atoms. The zero-order valence-corrected chi connectivity index (χ0v) is 15.4. The van der Waals surface area contributed by atoms with Crippen molar-refractivity contribution in [3.63, 3.8) is 0 Å². The molecule has 3 rings (SSSR count). The fourth-order valence-electron chi connectivity index (χ4n) is 3.02. The van der Waals surface area contributed by atoms with Crippen LogP contribution in [-0.4, -0.2) is 33.8 Å². The van der Waals surface area contributed by atoms with Gasteiger partial charge in [-0.15, -0.1) is 0 Å². The third kappa shape index (κ3) is 5.06. The summed E-state index contributed by atoms with van der Waals surface area (Å²) < 4.78 is 30.4. The maximum Gasteiger partial charge on any atom is 0.255 e. The van der Waals surface area contributed by atoms with E-state index in [0.29, 0.717) is 22.9 Å². The molecule has 2 aromatic carbocycles. The van der Waals surface area contributed by atoms with Crippen LogP contribution in [0, 0.1) is 0 Å². The van der Waals surface area contributed by atoms with Crippen LogP contribution in [0.2, 0.25) is 0 Å². The minimum atomic E-state index is -3.36. The van der Waals surface area contributed by atoms with Crippen molar-refractivity contribution in [2.45, 2.75) is 18.8 Å². The van der Waals surface area contributed by atoms with Gasteiger partial charge in [0.15, 0.2) is 0 Å². The number of anilines is 2. The molecule has 1 saturated heterocycles. The Hall–Kier alpha value is -2.38. The topological polar surface area (TPSA) is 84.5 Å². The van der Waals surface area contributed by atoms with Crippen molar-refractivity contribution in [1.82, 2.24) is 0 Å². The van der Waals surface area contributed by atoms with Crippen molar-refractivity contribution in [3.05, 3.63) is 59.7 Å². The maximum atomic E-state index is 12.4.